The first-order valence-corrected chi connectivity index (χ1v) is 14.0. The molecular formula is C28H50O6. The number of ketones is 2. The van der Waals surface area contributed by atoms with E-state index in [0.29, 0.717) is 12.8 Å². The second kappa shape index (κ2) is 24.4. The van der Waals surface area contributed by atoms with E-state index in [0.717, 1.165) is 25.7 Å². The van der Waals surface area contributed by atoms with Crippen molar-refractivity contribution in [1.82, 2.24) is 0 Å². The lowest BCUT2D eigenvalue weighted by Crippen LogP contribution is -2.11. The maximum Gasteiger partial charge on any atom is 0.372 e. The van der Waals surface area contributed by atoms with Gasteiger partial charge in [0.05, 0.1) is 0 Å². The Labute approximate surface area is 207 Å². The molecule has 0 aromatic rings. The molecule has 0 aromatic carbocycles. The number of carbonyl (C=O) groups is 4. The molecule has 0 amide bonds. The molecule has 198 valence electrons. The van der Waals surface area contributed by atoms with Gasteiger partial charge in [0.25, 0.3) is 0 Å². The van der Waals surface area contributed by atoms with Crippen LogP contribution < -0.4 is 0 Å². The van der Waals surface area contributed by atoms with Gasteiger partial charge in [-0.1, -0.05) is 128 Å². The summed E-state index contributed by atoms with van der Waals surface area (Å²) in [5.74, 6) is -3.92. The molecule has 0 bridgehead atoms. The maximum atomic E-state index is 11.0. The lowest BCUT2D eigenvalue weighted by molar-refractivity contribution is -0.149. The number of unbranched alkanes of at least 4 members (excludes halogenated alkanes) is 21. The molecule has 34 heavy (non-hydrogen) atoms. The van der Waals surface area contributed by atoms with Crippen molar-refractivity contribution < 1.29 is 29.4 Å². The largest absolute Gasteiger partial charge is 0.476 e. The first kappa shape index (κ1) is 32.3. The molecule has 0 aliphatic carbocycles. The number of carboxylic acid groups (broad SMARTS) is 2. The average Bonchev–Trinajstić information content (AvgIpc) is 2.81. The Bertz CT molecular complexity index is 495. The minimum absolute atomic E-state index is 0.181. The highest BCUT2D eigenvalue weighted by Gasteiger charge is 2.10. The van der Waals surface area contributed by atoms with E-state index in [1.54, 1.807) is 0 Å². The number of carbonyl (C=O) groups excluding carboxylic acids is 2. The smallest absolute Gasteiger partial charge is 0.372 e. The van der Waals surface area contributed by atoms with Crippen LogP contribution in [0.2, 0.25) is 0 Å². The van der Waals surface area contributed by atoms with Crippen LogP contribution in [0.4, 0.5) is 0 Å². The Kier molecular flexibility index (Phi) is 23.2. The third kappa shape index (κ3) is 23.4. The van der Waals surface area contributed by atoms with Gasteiger partial charge in [-0.3, -0.25) is 9.59 Å². The van der Waals surface area contributed by atoms with Gasteiger partial charge in [-0.2, -0.15) is 0 Å². The van der Waals surface area contributed by atoms with Gasteiger partial charge in [0.2, 0.25) is 11.6 Å². The Hall–Kier alpha value is -1.72. The zero-order valence-electron chi connectivity index (χ0n) is 21.5. The highest BCUT2D eigenvalue weighted by molar-refractivity contribution is 6.32. The molecule has 0 fully saturated rings. The van der Waals surface area contributed by atoms with E-state index in [4.69, 9.17) is 10.2 Å². The molecule has 0 unspecified atom stereocenters. The topological polar surface area (TPSA) is 109 Å². The first-order chi connectivity index (χ1) is 16.4. The third-order valence-electron chi connectivity index (χ3n) is 6.53. The summed E-state index contributed by atoms with van der Waals surface area (Å²) in [5, 5.41) is 17.0. The predicted octanol–water partition coefficient (Wildman–Crippen LogP) is 7.66. The summed E-state index contributed by atoms with van der Waals surface area (Å²) in [4.78, 5) is 42.8. The molecule has 0 aliphatic rings. The normalized spacial score (nSPS) is 10.9. The highest BCUT2D eigenvalue weighted by Crippen LogP contribution is 2.15. The van der Waals surface area contributed by atoms with E-state index < -0.39 is 23.5 Å². The summed E-state index contributed by atoms with van der Waals surface area (Å²) < 4.78 is 0. The molecule has 0 aliphatic heterocycles. The third-order valence-corrected chi connectivity index (χ3v) is 6.53. The van der Waals surface area contributed by atoms with Crippen molar-refractivity contribution in [2.24, 2.45) is 0 Å². The minimum atomic E-state index is -1.30. The molecule has 0 heterocycles. The van der Waals surface area contributed by atoms with Crippen LogP contribution in [0, 0.1) is 0 Å². The lowest BCUT2D eigenvalue weighted by atomic mass is 10.0. The van der Waals surface area contributed by atoms with Crippen molar-refractivity contribution in [2.75, 3.05) is 0 Å². The second-order valence-corrected chi connectivity index (χ2v) is 9.73. The van der Waals surface area contributed by atoms with Crippen LogP contribution in [0.25, 0.3) is 0 Å². The summed E-state index contributed by atoms with van der Waals surface area (Å²) in [6, 6.07) is 0. The zero-order valence-corrected chi connectivity index (χ0v) is 21.5. The van der Waals surface area contributed by atoms with E-state index in [2.05, 4.69) is 0 Å². The fourth-order valence-corrected chi connectivity index (χ4v) is 4.32. The van der Waals surface area contributed by atoms with Crippen LogP contribution in [0.3, 0.4) is 0 Å². The number of hydrogen-bond acceptors (Lipinski definition) is 4. The van der Waals surface area contributed by atoms with Crippen molar-refractivity contribution in [3.63, 3.8) is 0 Å². The molecule has 0 atom stereocenters. The monoisotopic (exact) mass is 482 g/mol. The van der Waals surface area contributed by atoms with Gasteiger partial charge in [-0.15, -0.1) is 0 Å². The summed E-state index contributed by atoms with van der Waals surface area (Å²) in [6.45, 7) is 0. The fraction of sp³-hybridized carbons (Fsp3) is 0.857. The van der Waals surface area contributed by atoms with Gasteiger partial charge in [0.15, 0.2) is 0 Å². The number of hydrogen-bond donors (Lipinski definition) is 2. The van der Waals surface area contributed by atoms with Crippen LogP contribution in [-0.4, -0.2) is 33.7 Å². The summed E-state index contributed by atoms with van der Waals surface area (Å²) in [6.07, 6.45) is 26.8. The van der Waals surface area contributed by atoms with E-state index in [9.17, 15) is 19.2 Å². The molecular weight excluding hydrogens is 432 g/mol. The van der Waals surface area contributed by atoms with Gasteiger partial charge in [-0.25, -0.2) is 9.59 Å². The van der Waals surface area contributed by atoms with E-state index >= 15 is 0 Å². The second-order valence-electron chi connectivity index (χ2n) is 9.73. The summed E-state index contributed by atoms with van der Waals surface area (Å²) in [5.41, 5.74) is 0. The Morgan fingerprint density at radius 1 is 0.294 bits per heavy atom. The van der Waals surface area contributed by atoms with E-state index in [-0.39, 0.29) is 12.8 Å². The zero-order chi connectivity index (χ0) is 25.3. The quantitative estimate of drug-likeness (QED) is 0.0919. The number of rotatable bonds is 27. The van der Waals surface area contributed by atoms with Gasteiger partial charge in [0, 0.05) is 12.8 Å². The average molecular weight is 483 g/mol. The van der Waals surface area contributed by atoms with Crippen LogP contribution >= 0.6 is 0 Å². The molecule has 0 saturated heterocycles. The molecule has 0 radical (unpaired) electrons. The number of aliphatic carboxylic acids is 2. The Balaban J connectivity index is 3.11. The van der Waals surface area contributed by atoms with Crippen molar-refractivity contribution in [3.05, 3.63) is 0 Å². The Morgan fingerprint density at radius 2 is 0.441 bits per heavy atom. The first-order valence-electron chi connectivity index (χ1n) is 14.0. The standard InChI is InChI=1S/C28H50O6/c29-25(27(31)32)23-21-19-17-15-13-11-9-7-5-3-1-2-4-6-8-10-12-14-16-18-20-22-24-26(30)28(33)34/h1-24H2,(H,31,32)(H,33,34). The molecule has 0 saturated carbocycles. The minimum Gasteiger partial charge on any atom is -0.476 e. The van der Waals surface area contributed by atoms with Crippen molar-refractivity contribution >= 4 is 23.5 Å². The molecule has 0 aromatic heterocycles. The SMILES string of the molecule is O=C(O)C(=O)CCCCCCCCCCCCCCCCCCCCCCCCC(=O)C(=O)O. The molecule has 6 nitrogen and oxygen atoms in total. The lowest BCUT2D eigenvalue weighted by Gasteiger charge is -2.04. The highest BCUT2D eigenvalue weighted by atomic mass is 16.4. The fourth-order valence-electron chi connectivity index (χ4n) is 4.32. The van der Waals surface area contributed by atoms with Crippen LogP contribution in [0.15, 0.2) is 0 Å². The van der Waals surface area contributed by atoms with Crippen LogP contribution in [0.5, 0.6) is 0 Å². The maximum absolute atomic E-state index is 11.0. The summed E-state index contributed by atoms with van der Waals surface area (Å²) >= 11 is 0. The van der Waals surface area contributed by atoms with E-state index in [1.807, 2.05) is 0 Å². The molecule has 0 spiro atoms. The van der Waals surface area contributed by atoms with Crippen molar-refractivity contribution in [1.29, 1.82) is 0 Å². The van der Waals surface area contributed by atoms with Gasteiger partial charge >= 0.3 is 11.9 Å². The Morgan fingerprint density at radius 3 is 0.588 bits per heavy atom. The number of carboxylic acids is 2. The van der Waals surface area contributed by atoms with Crippen molar-refractivity contribution in [2.45, 2.75) is 154 Å². The van der Waals surface area contributed by atoms with E-state index in [1.165, 1.54) is 103 Å². The predicted molar refractivity (Wildman–Crippen MR) is 136 cm³/mol. The van der Waals surface area contributed by atoms with Crippen LogP contribution in [-0.2, 0) is 19.2 Å². The van der Waals surface area contributed by atoms with Gasteiger partial charge in [-0.05, 0) is 12.8 Å². The van der Waals surface area contributed by atoms with Crippen molar-refractivity contribution in [3.8, 4) is 0 Å². The molecule has 6 heteroatoms. The van der Waals surface area contributed by atoms with Crippen LogP contribution in [0.1, 0.15) is 154 Å². The molecule has 2 N–H and O–H groups in total. The van der Waals surface area contributed by atoms with Gasteiger partial charge < -0.3 is 10.2 Å². The molecule has 0 rings (SSSR count). The van der Waals surface area contributed by atoms with Gasteiger partial charge in [0.1, 0.15) is 0 Å². The number of Topliss-reactive ketones (excluding diaryl/α,β-unsaturated/α-hetero) is 2. The summed E-state index contributed by atoms with van der Waals surface area (Å²) in [7, 11) is 0.